The van der Waals surface area contributed by atoms with Gasteiger partial charge in [0.25, 0.3) is 11.1 Å². The summed E-state index contributed by atoms with van der Waals surface area (Å²) in [6.45, 7) is 0. The lowest BCUT2D eigenvalue weighted by atomic mass is 9.95. The highest BCUT2D eigenvalue weighted by Gasteiger charge is 2.53. The Morgan fingerprint density at radius 3 is 2.89 bits per heavy atom. The van der Waals surface area contributed by atoms with Crippen LogP contribution in [0.4, 0.5) is 4.79 Å². The van der Waals surface area contributed by atoms with E-state index in [9.17, 15) is 4.79 Å². The number of fused-ring (bicyclic) bond motifs is 4. The molecular formula is C19H15BrClN3O2S. The molecule has 2 unspecified atom stereocenters. The van der Waals surface area contributed by atoms with Gasteiger partial charge in [-0.2, -0.15) is 5.10 Å². The molecule has 1 fully saturated rings. The van der Waals surface area contributed by atoms with Gasteiger partial charge in [0.1, 0.15) is 5.75 Å². The molecule has 1 saturated heterocycles. The molecule has 1 N–H and O–H groups in total. The predicted molar refractivity (Wildman–Crippen MR) is 110 cm³/mol. The number of hydrogen-bond acceptors (Lipinski definition) is 5. The molecule has 3 aliphatic heterocycles. The van der Waals surface area contributed by atoms with E-state index >= 15 is 0 Å². The lowest BCUT2D eigenvalue weighted by Gasteiger charge is -2.48. The average Bonchev–Trinajstić information content (AvgIpc) is 3.10. The van der Waals surface area contributed by atoms with E-state index in [0.717, 1.165) is 33.5 Å². The molecule has 5 rings (SSSR count). The number of nitrogens with one attached hydrogen (secondary N) is 1. The van der Waals surface area contributed by atoms with Crippen LogP contribution in [0, 0.1) is 0 Å². The topological polar surface area (TPSA) is 53.9 Å². The summed E-state index contributed by atoms with van der Waals surface area (Å²) in [5.41, 5.74) is 3.05. The van der Waals surface area contributed by atoms with Crippen LogP contribution in [0.2, 0.25) is 5.02 Å². The quantitative estimate of drug-likeness (QED) is 0.634. The van der Waals surface area contributed by atoms with Crippen LogP contribution in [-0.4, -0.2) is 27.6 Å². The van der Waals surface area contributed by atoms with Gasteiger partial charge in [-0.05, 0) is 35.9 Å². The molecular weight excluding hydrogens is 450 g/mol. The van der Waals surface area contributed by atoms with Crippen LogP contribution >= 0.6 is 39.3 Å². The average molecular weight is 465 g/mol. The maximum absolute atomic E-state index is 12.2. The lowest BCUT2D eigenvalue weighted by molar-refractivity contribution is -0.135. The zero-order chi connectivity index (χ0) is 18.6. The van der Waals surface area contributed by atoms with E-state index < -0.39 is 5.85 Å². The molecule has 0 radical (unpaired) electrons. The van der Waals surface area contributed by atoms with Crippen molar-refractivity contribution in [2.45, 2.75) is 24.7 Å². The summed E-state index contributed by atoms with van der Waals surface area (Å²) in [5.74, 6) is 0.536. The van der Waals surface area contributed by atoms with E-state index in [-0.39, 0.29) is 11.3 Å². The molecule has 1 spiro atoms. The van der Waals surface area contributed by atoms with Gasteiger partial charge in [-0.1, -0.05) is 51.4 Å². The molecule has 0 aromatic heterocycles. The first kappa shape index (κ1) is 17.4. The van der Waals surface area contributed by atoms with Crippen LogP contribution in [0.1, 0.15) is 30.0 Å². The minimum atomic E-state index is -0.942. The standard InChI is InChI=1S/C19H15BrClN3O2S/c20-12-3-6-17-14(9-12)16-10-15(11-1-4-13(21)5-2-11)23-24(16)19(26-17)7-8-27-18(25)22-19/h1-6,9,16H,7-8,10H2,(H,22,25). The van der Waals surface area contributed by atoms with Crippen LogP contribution in [0.3, 0.4) is 0 Å². The zero-order valence-electron chi connectivity index (χ0n) is 14.1. The minimum Gasteiger partial charge on any atom is -0.448 e. The van der Waals surface area contributed by atoms with Crippen molar-refractivity contribution in [2.24, 2.45) is 5.10 Å². The molecule has 3 heterocycles. The summed E-state index contributed by atoms with van der Waals surface area (Å²) in [6, 6.07) is 13.7. The van der Waals surface area contributed by atoms with Gasteiger partial charge in [0.2, 0.25) is 0 Å². The molecule has 138 valence electrons. The van der Waals surface area contributed by atoms with Gasteiger partial charge >= 0.3 is 0 Å². The molecule has 2 aromatic rings. The number of amides is 1. The number of benzene rings is 2. The van der Waals surface area contributed by atoms with Crippen LogP contribution in [0.25, 0.3) is 0 Å². The summed E-state index contributed by atoms with van der Waals surface area (Å²) >= 11 is 10.9. The van der Waals surface area contributed by atoms with Crippen molar-refractivity contribution in [3.05, 3.63) is 63.1 Å². The second-order valence-electron chi connectivity index (χ2n) is 6.70. The van der Waals surface area contributed by atoms with Crippen LogP contribution < -0.4 is 10.1 Å². The normalized spacial score (nSPS) is 26.1. The molecule has 2 aromatic carbocycles. The number of ether oxygens (including phenoxy) is 1. The van der Waals surface area contributed by atoms with Gasteiger partial charge in [0.15, 0.2) is 0 Å². The number of carbonyl (C=O) groups is 1. The summed E-state index contributed by atoms with van der Waals surface area (Å²) in [5, 5.41) is 10.5. The molecule has 0 saturated carbocycles. The van der Waals surface area contributed by atoms with E-state index in [2.05, 4.69) is 27.3 Å². The van der Waals surface area contributed by atoms with Crippen molar-refractivity contribution in [2.75, 3.05) is 5.75 Å². The Morgan fingerprint density at radius 2 is 2.11 bits per heavy atom. The Hall–Kier alpha value is -1.70. The molecule has 8 heteroatoms. The van der Waals surface area contributed by atoms with E-state index in [0.29, 0.717) is 17.2 Å². The van der Waals surface area contributed by atoms with Crippen molar-refractivity contribution < 1.29 is 9.53 Å². The zero-order valence-corrected chi connectivity index (χ0v) is 17.3. The molecule has 0 bridgehead atoms. The fourth-order valence-electron chi connectivity index (χ4n) is 3.79. The number of rotatable bonds is 1. The highest BCUT2D eigenvalue weighted by molar-refractivity contribution is 9.10. The summed E-state index contributed by atoms with van der Waals surface area (Å²) < 4.78 is 7.32. The van der Waals surface area contributed by atoms with Gasteiger partial charge in [-0.25, -0.2) is 5.01 Å². The van der Waals surface area contributed by atoms with E-state index in [1.165, 1.54) is 11.8 Å². The third-order valence-electron chi connectivity index (χ3n) is 5.04. The highest BCUT2D eigenvalue weighted by Crippen LogP contribution is 2.48. The second kappa shape index (κ2) is 6.43. The SMILES string of the molecule is O=C1NC2(CCS1)Oc1ccc(Br)cc1C1CC(c3ccc(Cl)cc3)=NN12. The van der Waals surface area contributed by atoms with Crippen LogP contribution in [0.5, 0.6) is 5.75 Å². The minimum absolute atomic E-state index is 0.000304. The summed E-state index contributed by atoms with van der Waals surface area (Å²) in [7, 11) is 0. The summed E-state index contributed by atoms with van der Waals surface area (Å²) in [6.07, 6.45) is 1.39. The van der Waals surface area contributed by atoms with Gasteiger partial charge in [-0.15, -0.1) is 0 Å². The first-order chi connectivity index (χ1) is 13.0. The second-order valence-corrected chi connectivity index (χ2v) is 9.12. The third-order valence-corrected chi connectivity index (χ3v) is 6.56. The first-order valence-electron chi connectivity index (χ1n) is 8.60. The van der Waals surface area contributed by atoms with Crippen LogP contribution in [-0.2, 0) is 0 Å². The monoisotopic (exact) mass is 463 g/mol. The number of nitrogens with zero attached hydrogens (tertiary/aromatic N) is 2. The maximum Gasteiger partial charge on any atom is 0.283 e. The lowest BCUT2D eigenvalue weighted by Crippen LogP contribution is -2.65. The molecule has 1 amide bonds. The Bertz CT molecular complexity index is 968. The molecule has 0 aliphatic carbocycles. The van der Waals surface area contributed by atoms with Crippen molar-refractivity contribution in [1.29, 1.82) is 0 Å². The van der Waals surface area contributed by atoms with Gasteiger partial charge in [0, 0.05) is 33.7 Å². The molecule has 3 aliphatic rings. The molecule has 27 heavy (non-hydrogen) atoms. The van der Waals surface area contributed by atoms with E-state index in [1.807, 2.05) is 41.4 Å². The number of hydrogen-bond donors (Lipinski definition) is 1. The fourth-order valence-corrected chi connectivity index (χ4v) is 5.09. The Kier molecular flexibility index (Phi) is 4.14. The fraction of sp³-hybridized carbons (Fsp3) is 0.263. The molecule has 2 atom stereocenters. The van der Waals surface area contributed by atoms with Crippen molar-refractivity contribution in [3.63, 3.8) is 0 Å². The Morgan fingerprint density at radius 1 is 1.30 bits per heavy atom. The van der Waals surface area contributed by atoms with Crippen molar-refractivity contribution in [3.8, 4) is 5.75 Å². The third kappa shape index (κ3) is 2.92. The predicted octanol–water partition coefficient (Wildman–Crippen LogP) is 5.15. The van der Waals surface area contributed by atoms with E-state index in [4.69, 9.17) is 21.4 Å². The Balaban J connectivity index is 1.61. The smallest absolute Gasteiger partial charge is 0.283 e. The highest BCUT2D eigenvalue weighted by atomic mass is 79.9. The first-order valence-corrected chi connectivity index (χ1v) is 10.8. The number of carbonyl (C=O) groups excluding carboxylic acids is 1. The van der Waals surface area contributed by atoms with Crippen LogP contribution in [0.15, 0.2) is 52.0 Å². The largest absolute Gasteiger partial charge is 0.448 e. The number of hydrazone groups is 1. The number of thioether (sulfide) groups is 1. The summed E-state index contributed by atoms with van der Waals surface area (Å²) in [4.78, 5) is 12.2. The van der Waals surface area contributed by atoms with Gasteiger partial charge in [0.05, 0.1) is 11.8 Å². The van der Waals surface area contributed by atoms with Crippen molar-refractivity contribution in [1.82, 2.24) is 10.3 Å². The van der Waals surface area contributed by atoms with Gasteiger partial charge in [-0.3, -0.25) is 10.1 Å². The van der Waals surface area contributed by atoms with Crippen molar-refractivity contribution >= 4 is 50.2 Å². The maximum atomic E-state index is 12.2. The van der Waals surface area contributed by atoms with E-state index in [1.54, 1.807) is 0 Å². The Labute approximate surface area is 174 Å². The number of halogens is 2. The molecule has 5 nitrogen and oxygen atoms in total. The van der Waals surface area contributed by atoms with Gasteiger partial charge < -0.3 is 4.74 Å².